The molecule has 3 aromatic rings. The van der Waals surface area contributed by atoms with Crippen molar-refractivity contribution in [2.24, 2.45) is 0 Å². The van der Waals surface area contributed by atoms with Crippen LogP contribution in [0.5, 0.6) is 5.75 Å². The molecule has 1 aromatic carbocycles. The standard InChI is InChI=1S/C17H10F3N3O2/c18-17(19,20)25-12-4-1-3-10(7-12)13-8-11(9-21)16(22)23-15(13)14-5-2-6-24-14/h1-8H,(H2,22,23). The summed E-state index contributed by atoms with van der Waals surface area (Å²) >= 11 is 0. The van der Waals surface area contributed by atoms with E-state index in [0.717, 1.165) is 0 Å². The molecule has 8 heteroatoms. The molecule has 0 fully saturated rings. The number of pyridine rings is 1. The maximum absolute atomic E-state index is 12.4. The Morgan fingerprint density at radius 3 is 2.60 bits per heavy atom. The molecule has 2 aromatic heterocycles. The smallest absolute Gasteiger partial charge is 0.463 e. The lowest BCUT2D eigenvalue weighted by molar-refractivity contribution is -0.274. The van der Waals surface area contributed by atoms with Crippen molar-refractivity contribution in [3.63, 3.8) is 0 Å². The number of aromatic nitrogens is 1. The molecule has 0 bridgehead atoms. The van der Waals surface area contributed by atoms with E-state index in [-0.39, 0.29) is 17.1 Å². The lowest BCUT2D eigenvalue weighted by atomic mass is 10.0. The monoisotopic (exact) mass is 345 g/mol. The summed E-state index contributed by atoms with van der Waals surface area (Å²) in [4.78, 5) is 4.17. The second-order valence-electron chi connectivity index (χ2n) is 4.98. The highest BCUT2D eigenvalue weighted by Gasteiger charge is 2.31. The van der Waals surface area contributed by atoms with E-state index in [1.807, 2.05) is 6.07 Å². The van der Waals surface area contributed by atoms with E-state index >= 15 is 0 Å². The summed E-state index contributed by atoms with van der Waals surface area (Å²) < 4.78 is 46.6. The second-order valence-corrected chi connectivity index (χ2v) is 4.98. The van der Waals surface area contributed by atoms with Gasteiger partial charge in [-0.2, -0.15) is 5.26 Å². The van der Waals surface area contributed by atoms with E-state index in [2.05, 4.69) is 9.72 Å². The highest BCUT2D eigenvalue weighted by molar-refractivity contribution is 5.82. The molecule has 0 spiro atoms. The summed E-state index contributed by atoms with van der Waals surface area (Å²) in [7, 11) is 0. The van der Waals surface area contributed by atoms with Gasteiger partial charge < -0.3 is 14.9 Å². The molecule has 0 amide bonds. The number of benzene rings is 1. The number of anilines is 1. The first-order valence-corrected chi connectivity index (χ1v) is 6.98. The van der Waals surface area contributed by atoms with Crippen LogP contribution in [0.15, 0.2) is 53.1 Å². The van der Waals surface area contributed by atoms with Crippen molar-refractivity contribution in [1.29, 1.82) is 5.26 Å². The fourth-order valence-electron chi connectivity index (χ4n) is 2.30. The third-order valence-electron chi connectivity index (χ3n) is 3.31. The van der Waals surface area contributed by atoms with Crippen LogP contribution in [-0.2, 0) is 0 Å². The van der Waals surface area contributed by atoms with Gasteiger partial charge in [-0.3, -0.25) is 0 Å². The van der Waals surface area contributed by atoms with Crippen molar-refractivity contribution in [3.05, 3.63) is 54.3 Å². The molecule has 0 aliphatic heterocycles. The second kappa shape index (κ2) is 6.20. The number of halogens is 3. The number of ether oxygens (including phenoxy) is 1. The van der Waals surface area contributed by atoms with Gasteiger partial charge in [0.25, 0.3) is 0 Å². The normalized spacial score (nSPS) is 11.1. The molecule has 126 valence electrons. The third kappa shape index (κ3) is 3.55. The zero-order valence-electron chi connectivity index (χ0n) is 12.5. The van der Waals surface area contributed by atoms with Gasteiger partial charge in [-0.15, -0.1) is 13.2 Å². The highest BCUT2D eigenvalue weighted by atomic mass is 19.4. The molecular weight excluding hydrogens is 335 g/mol. The van der Waals surface area contributed by atoms with Crippen molar-refractivity contribution in [2.75, 3.05) is 5.73 Å². The number of rotatable bonds is 3. The first-order valence-electron chi connectivity index (χ1n) is 6.98. The Morgan fingerprint density at radius 2 is 1.96 bits per heavy atom. The molecule has 2 heterocycles. The largest absolute Gasteiger partial charge is 0.573 e. The number of nitrogen functional groups attached to an aromatic ring is 1. The molecule has 2 N–H and O–H groups in total. The summed E-state index contributed by atoms with van der Waals surface area (Å²) in [5.41, 5.74) is 6.93. The third-order valence-corrected chi connectivity index (χ3v) is 3.31. The number of alkyl halides is 3. The zero-order chi connectivity index (χ0) is 18.0. The molecule has 25 heavy (non-hydrogen) atoms. The number of nitrogens with two attached hydrogens (primary N) is 1. The van der Waals surface area contributed by atoms with Crippen LogP contribution in [0.1, 0.15) is 5.56 Å². The molecule has 3 rings (SSSR count). The fraction of sp³-hybridized carbons (Fsp3) is 0.0588. The first-order chi connectivity index (χ1) is 11.9. The van der Waals surface area contributed by atoms with Gasteiger partial charge in [0.1, 0.15) is 23.3 Å². The Kier molecular flexibility index (Phi) is 4.07. The Bertz CT molecular complexity index is 945. The molecule has 0 saturated heterocycles. The van der Waals surface area contributed by atoms with Gasteiger partial charge in [-0.1, -0.05) is 12.1 Å². The average Bonchev–Trinajstić information content (AvgIpc) is 3.07. The van der Waals surface area contributed by atoms with Crippen LogP contribution < -0.4 is 10.5 Å². The van der Waals surface area contributed by atoms with Gasteiger partial charge in [-0.25, -0.2) is 4.98 Å². The number of hydrogen-bond acceptors (Lipinski definition) is 5. The Balaban J connectivity index is 2.16. The van der Waals surface area contributed by atoms with E-state index in [0.29, 0.717) is 22.6 Å². The van der Waals surface area contributed by atoms with Gasteiger partial charge in [0.05, 0.1) is 11.8 Å². The van der Waals surface area contributed by atoms with E-state index in [1.54, 1.807) is 18.2 Å². The summed E-state index contributed by atoms with van der Waals surface area (Å²) in [5.74, 6) is -0.0144. The topological polar surface area (TPSA) is 85.1 Å². The van der Waals surface area contributed by atoms with Gasteiger partial charge in [0, 0.05) is 5.56 Å². The van der Waals surface area contributed by atoms with E-state index in [9.17, 15) is 13.2 Å². The van der Waals surface area contributed by atoms with E-state index in [1.165, 1.54) is 30.5 Å². The highest BCUT2D eigenvalue weighted by Crippen LogP contribution is 2.35. The molecule has 0 saturated carbocycles. The lowest BCUT2D eigenvalue weighted by Crippen LogP contribution is -2.17. The Hall–Kier alpha value is -3.47. The predicted molar refractivity (Wildman–Crippen MR) is 83.2 cm³/mol. The molecular formula is C17H10F3N3O2. The van der Waals surface area contributed by atoms with Crippen LogP contribution in [0.2, 0.25) is 0 Å². The van der Waals surface area contributed by atoms with Crippen LogP contribution in [0.3, 0.4) is 0 Å². The van der Waals surface area contributed by atoms with Crippen LogP contribution in [0, 0.1) is 11.3 Å². The molecule has 0 radical (unpaired) electrons. The van der Waals surface area contributed by atoms with Crippen LogP contribution in [0.25, 0.3) is 22.6 Å². The summed E-state index contributed by atoms with van der Waals surface area (Å²) in [6, 6.07) is 12.0. The summed E-state index contributed by atoms with van der Waals surface area (Å²) in [6.07, 6.45) is -3.38. The van der Waals surface area contributed by atoms with Crippen molar-refractivity contribution in [3.8, 4) is 34.4 Å². The SMILES string of the molecule is N#Cc1cc(-c2cccc(OC(F)(F)F)c2)c(-c2ccco2)nc1N. The van der Waals surface area contributed by atoms with Crippen molar-refractivity contribution in [2.45, 2.75) is 6.36 Å². The van der Waals surface area contributed by atoms with Crippen LogP contribution in [0.4, 0.5) is 19.0 Å². The van der Waals surface area contributed by atoms with Gasteiger partial charge in [0.15, 0.2) is 5.76 Å². The fourth-order valence-corrected chi connectivity index (χ4v) is 2.30. The maximum atomic E-state index is 12.4. The number of nitriles is 1. The van der Waals surface area contributed by atoms with E-state index < -0.39 is 6.36 Å². The summed E-state index contributed by atoms with van der Waals surface area (Å²) in [6.45, 7) is 0. The maximum Gasteiger partial charge on any atom is 0.573 e. The van der Waals surface area contributed by atoms with Gasteiger partial charge in [0.2, 0.25) is 0 Å². The number of hydrogen-bond donors (Lipinski definition) is 1. The van der Waals surface area contributed by atoms with Crippen molar-refractivity contribution in [1.82, 2.24) is 4.98 Å². The van der Waals surface area contributed by atoms with Crippen LogP contribution in [-0.4, -0.2) is 11.3 Å². The molecule has 5 nitrogen and oxygen atoms in total. The van der Waals surface area contributed by atoms with Crippen molar-refractivity contribution < 1.29 is 22.3 Å². The Morgan fingerprint density at radius 1 is 1.16 bits per heavy atom. The van der Waals surface area contributed by atoms with Crippen LogP contribution >= 0.6 is 0 Å². The molecule has 0 unspecified atom stereocenters. The quantitative estimate of drug-likeness (QED) is 0.762. The minimum atomic E-state index is -4.81. The van der Waals surface area contributed by atoms with Gasteiger partial charge >= 0.3 is 6.36 Å². The lowest BCUT2D eigenvalue weighted by Gasteiger charge is -2.12. The van der Waals surface area contributed by atoms with Gasteiger partial charge in [-0.05, 0) is 35.9 Å². The zero-order valence-corrected chi connectivity index (χ0v) is 12.5. The first kappa shape index (κ1) is 16.4. The van der Waals surface area contributed by atoms with Crippen molar-refractivity contribution >= 4 is 5.82 Å². The minimum absolute atomic E-state index is 0.000320. The molecule has 0 aliphatic rings. The number of nitrogens with zero attached hydrogens (tertiary/aromatic N) is 2. The average molecular weight is 345 g/mol. The minimum Gasteiger partial charge on any atom is -0.463 e. The molecule has 0 aliphatic carbocycles. The Labute approximate surface area is 140 Å². The molecule has 0 atom stereocenters. The summed E-state index contributed by atoms with van der Waals surface area (Å²) in [5, 5.41) is 9.15. The van der Waals surface area contributed by atoms with E-state index in [4.69, 9.17) is 15.4 Å². The predicted octanol–water partition coefficient (Wildman–Crippen LogP) is 4.36. The number of furan rings is 1.